The maximum absolute atomic E-state index is 11.9. The summed E-state index contributed by atoms with van der Waals surface area (Å²) in [6, 6.07) is 0. The van der Waals surface area contributed by atoms with Gasteiger partial charge in [0, 0.05) is 18.8 Å². The Bertz CT molecular complexity index is 818. The summed E-state index contributed by atoms with van der Waals surface area (Å²) >= 11 is 0. The Balaban J connectivity index is 2.37. The van der Waals surface area contributed by atoms with E-state index in [1.165, 1.54) is 26.2 Å². The van der Waals surface area contributed by atoms with Crippen LogP contribution in [0.1, 0.15) is 93.9 Å². The summed E-state index contributed by atoms with van der Waals surface area (Å²) in [5.74, 6) is 0.743. The van der Waals surface area contributed by atoms with Crippen molar-refractivity contribution in [1.82, 2.24) is 0 Å². The van der Waals surface area contributed by atoms with Gasteiger partial charge in [-0.2, -0.15) is 0 Å². The van der Waals surface area contributed by atoms with Crippen molar-refractivity contribution < 1.29 is 18.4 Å². The van der Waals surface area contributed by atoms with Crippen molar-refractivity contribution in [2.24, 2.45) is 17.8 Å². The molecule has 0 aliphatic heterocycles. The molecule has 37 heavy (non-hydrogen) atoms. The van der Waals surface area contributed by atoms with Crippen LogP contribution < -0.4 is 0 Å². The van der Waals surface area contributed by atoms with E-state index < -0.39 is 16.6 Å². The van der Waals surface area contributed by atoms with Crippen molar-refractivity contribution in [1.29, 1.82) is 0 Å². The Kier molecular flexibility index (Phi) is 10.7. The van der Waals surface area contributed by atoms with Crippen LogP contribution in [0, 0.1) is 17.8 Å². The first-order valence-corrected chi connectivity index (χ1v) is 20.5. The van der Waals surface area contributed by atoms with E-state index in [0.717, 1.165) is 24.8 Å². The molecule has 214 valence electrons. The molecule has 0 amide bonds. The highest BCUT2D eigenvalue weighted by atomic mass is 28.4. The summed E-state index contributed by atoms with van der Waals surface area (Å²) in [7, 11) is -3.86. The number of esters is 1. The average molecular weight is 551 g/mol. The fourth-order valence-electron chi connectivity index (χ4n) is 5.41. The lowest BCUT2D eigenvalue weighted by Gasteiger charge is -2.40. The molecule has 6 heteroatoms. The SMILES string of the molecule is C=C1C[C@H]2[C@H](/C=C/[C@H](CCCCC)O[Si](C)(C)C(C)(C)C)[C@H](O[Si](C)(C)C(C)(C)C)C[C@@H]2C1OC(C)=O. The van der Waals surface area contributed by atoms with Crippen LogP contribution in [-0.2, 0) is 18.4 Å². The van der Waals surface area contributed by atoms with E-state index in [1.54, 1.807) is 0 Å². The van der Waals surface area contributed by atoms with Gasteiger partial charge in [-0.15, -0.1) is 0 Å². The standard InChI is InChI=1S/C31H58O4Si2/c1-14-15-16-17-24(34-36(10,11)30(4,5)6)18-19-25-26-20-22(2)29(33-23(3)32)27(26)21-28(25)35-37(12,13)31(7,8)9/h18-19,24-29H,2,14-17,20-21H2,1,3-13H3/b19-18+/t24-,25-,26-,27-,28+,29?/m0/s1. The molecule has 0 spiro atoms. The van der Waals surface area contributed by atoms with Gasteiger partial charge in [0.1, 0.15) is 6.10 Å². The van der Waals surface area contributed by atoms with Gasteiger partial charge < -0.3 is 13.6 Å². The first kappa shape index (κ1) is 32.5. The molecule has 4 nitrogen and oxygen atoms in total. The number of carbonyl (C=O) groups is 1. The van der Waals surface area contributed by atoms with Crippen molar-refractivity contribution in [3.05, 3.63) is 24.3 Å². The fourth-order valence-corrected chi connectivity index (χ4v) is 8.08. The van der Waals surface area contributed by atoms with E-state index in [-0.39, 0.29) is 46.2 Å². The molecule has 0 aromatic rings. The molecule has 2 aliphatic rings. The van der Waals surface area contributed by atoms with Crippen LogP contribution in [0.4, 0.5) is 0 Å². The number of fused-ring (bicyclic) bond motifs is 1. The topological polar surface area (TPSA) is 44.8 Å². The van der Waals surface area contributed by atoms with Gasteiger partial charge in [-0.1, -0.05) is 86.5 Å². The Hall–Kier alpha value is -0.696. The van der Waals surface area contributed by atoms with Crippen molar-refractivity contribution in [2.75, 3.05) is 0 Å². The molecule has 0 heterocycles. The largest absolute Gasteiger partial charge is 0.458 e. The predicted molar refractivity (Wildman–Crippen MR) is 162 cm³/mol. The van der Waals surface area contributed by atoms with Gasteiger partial charge in [0.25, 0.3) is 0 Å². The maximum atomic E-state index is 11.9. The first-order valence-electron chi connectivity index (χ1n) is 14.7. The molecule has 2 aliphatic carbocycles. The first-order chi connectivity index (χ1) is 16.8. The van der Waals surface area contributed by atoms with Crippen LogP contribution in [-0.4, -0.2) is 40.9 Å². The molecule has 0 aromatic carbocycles. The van der Waals surface area contributed by atoms with E-state index in [1.807, 2.05) is 0 Å². The lowest BCUT2D eigenvalue weighted by atomic mass is 9.90. The van der Waals surface area contributed by atoms with E-state index in [2.05, 4.69) is 93.4 Å². The highest BCUT2D eigenvalue weighted by Crippen LogP contribution is 2.54. The van der Waals surface area contributed by atoms with Crippen LogP contribution in [0.2, 0.25) is 36.3 Å². The second-order valence-electron chi connectivity index (χ2n) is 14.7. The second kappa shape index (κ2) is 12.2. The number of hydrogen-bond acceptors (Lipinski definition) is 4. The minimum atomic E-state index is -1.96. The minimum absolute atomic E-state index is 0.133. The summed E-state index contributed by atoms with van der Waals surface area (Å²) in [5, 5.41) is 0.322. The maximum Gasteiger partial charge on any atom is 0.303 e. The molecular formula is C31H58O4Si2. The van der Waals surface area contributed by atoms with Gasteiger partial charge in [-0.05, 0) is 67.0 Å². The van der Waals surface area contributed by atoms with Crippen LogP contribution in [0.15, 0.2) is 24.3 Å². The Morgan fingerprint density at radius 2 is 1.62 bits per heavy atom. The highest BCUT2D eigenvalue weighted by Gasteiger charge is 2.54. The Morgan fingerprint density at radius 3 is 2.14 bits per heavy atom. The molecule has 0 N–H and O–H groups in total. The second-order valence-corrected chi connectivity index (χ2v) is 24.3. The van der Waals surface area contributed by atoms with Gasteiger partial charge in [-0.3, -0.25) is 4.79 Å². The summed E-state index contributed by atoms with van der Waals surface area (Å²) in [5.41, 5.74) is 1.06. The van der Waals surface area contributed by atoms with Crippen LogP contribution in [0.25, 0.3) is 0 Å². The zero-order valence-corrected chi connectivity index (χ0v) is 28.2. The third kappa shape index (κ3) is 8.15. The third-order valence-corrected chi connectivity index (χ3v) is 18.7. The summed E-state index contributed by atoms with van der Waals surface area (Å²) in [4.78, 5) is 11.9. The molecule has 0 bridgehead atoms. The molecule has 6 atom stereocenters. The zero-order chi connectivity index (χ0) is 28.4. The zero-order valence-electron chi connectivity index (χ0n) is 26.2. The number of rotatable bonds is 11. The van der Waals surface area contributed by atoms with E-state index in [4.69, 9.17) is 13.6 Å². The van der Waals surface area contributed by atoms with Crippen molar-refractivity contribution >= 4 is 22.6 Å². The van der Waals surface area contributed by atoms with Crippen LogP contribution in [0.3, 0.4) is 0 Å². The van der Waals surface area contributed by atoms with Gasteiger partial charge >= 0.3 is 5.97 Å². The fraction of sp³-hybridized carbons (Fsp3) is 0.839. The molecule has 2 saturated carbocycles. The third-order valence-electron chi connectivity index (χ3n) is 9.70. The Labute approximate surface area is 231 Å². The Morgan fingerprint density at radius 1 is 1.03 bits per heavy atom. The van der Waals surface area contributed by atoms with Crippen LogP contribution >= 0.6 is 0 Å². The van der Waals surface area contributed by atoms with Crippen LogP contribution in [0.5, 0.6) is 0 Å². The lowest BCUT2D eigenvalue weighted by Crippen LogP contribution is -2.45. The number of ether oxygens (including phenoxy) is 1. The molecular weight excluding hydrogens is 493 g/mol. The average Bonchev–Trinajstić information content (AvgIpc) is 3.18. The predicted octanol–water partition coefficient (Wildman–Crippen LogP) is 9.05. The molecule has 1 unspecified atom stereocenters. The minimum Gasteiger partial charge on any atom is -0.458 e. The van der Waals surface area contributed by atoms with E-state index >= 15 is 0 Å². The molecule has 0 radical (unpaired) electrons. The summed E-state index contributed by atoms with van der Waals surface area (Å²) in [6.07, 6.45) is 11.4. The van der Waals surface area contributed by atoms with Crippen molar-refractivity contribution in [2.45, 2.75) is 148 Å². The highest BCUT2D eigenvalue weighted by molar-refractivity contribution is 6.74. The van der Waals surface area contributed by atoms with E-state index in [9.17, 15) is 4.79 Å². The smallest absolute Gasteiger partial charge is 0.303 e. The summed E-state index contributed by atoms with van der Waals surface area (Å²) in [6.45, 7) is 31.3. The lowest BCUT2D eigenvalue weighted by molar-refractivity contribution is -0.146. The molecule has 0 saturated heterocycles. The number of hydrogen-bond donors (Lipinski definition) is 0. The molecule has 2 rings (SSSR count). The van der Waals surface area contributed by atoms with Crippen molar-refractivity contribution in [3.63, 3.8) is 0 Å². The normalized spacial score (nSPS) is 28.1. The monoisotopic (exact) mass is 550 g/mol. The molecule has 2 fully saturated rings. The molecule has 0 aromatic heterocycles. The van der Waals surface area contributed by atoms with Gasteiger partial charge in [0.2, 0.25) is 0 Å². The van der Waals surface area contributed by atoms with E-state index in [0.29, 0.717) is 5.92 Å². The quantitative estimate of drug-likeness (QED) is 0.111. The van der Waals surface area contributed by atoms with Gasteiger partial charge in [-0.25, -0.2) is 0 Å². The number of carbonyl (C=O) groups excluding carboxylic acids is 1. The number of unbranched alkanes of at least 4 members (excludes halogenated alkanes) is 2. The van der Waals surface area contributed by atoms with Gasteiger partial charge in [0.05, 0.1) is 12.2 Å². The summed E-state index contributed by atoms with van der Waals surface area (Å²) < 4.78 is 19.8. The van der Waals surface area contributed by atoms with Gasteiger partial charge in [0.15, 0.2) is 16.6 Å². The van der Waals surface area contributed by atoms with Crippen molar-refractivity contribution in [3.8, 4) is 0 Å².